The molecule has 0 amide bonds. The Morgan fingerprint density at radius 1 is 1.21 bits per heavy atom. The fourth-order valence-electron chi connectivity index (χ4n) is 2.33. The van der Waals surface area contributed by atoms with Crippen LogP contribution in [0, 0.1) is 0 Å². The van der Waals surface area contributed by atoms with E-state index >= 15 is 0 Å². The molecule has 2 aliphatic heterocycles. The van der Waals surface area contributed by atoms with E-state index in [1.54, 1.807) is 0 Å². The van der Waals surface area contributed by atoms with Crippen molar-refractivity contribution in [1.29, 1.82) is 0 Å². The van der Waals surface area contributed by atoms with Gasteiger partial charge in [0.1, 0.15) is 0 Å². The van der Waals surface area contributed by atoms with E-state index in [-0.39, 0.29) is 0 Å². The molecule has 0 spiro atoms. The zero-order valence-electron chi connectivity index (χ0n) is 11.2. The lowest BCUT2D eigenvalue weighted by atomic mass is 10.2. The summed E-state index contributed by atoms with van der Waals surface area (Å²) in [6.45, 7) is -1.36. The molecule has 19 heavy (non-hydrogen) atoms. The number of hydrazine groups is 2. The van der Waals surface area contributed by atoms with Gasteiger partial charge in [-0.1, -0.05) is 30.3 Å². The number of nitrogens with one attached hydrogen (secondary N) is 1. The molecule has 0 saturated carbocycles. The van der Waals surface area contributed by atoms with E-state index in [0.717, 1.165) is 11.4 Å². The molecule has 1 aromatic rings. The van der Waals surface area contributed by atoms with Crippen molar-refractivity contribution in [2.75, 3.05) is 27.8 Å². The Balaban J connectivity index is 2.10. The molecular weight excluding hydrogens is 279 g/mol. The molecule has 1 saturated heterocycles. The highest BCUT2D eigenvalue weighted by Crippen LogP contribution is 2.57. The predicted molar refractivity (Wildman–Crippen MR) is 80.4 cm³/mol. The maximum atomic E-state index is 5.83. The van der Waals surface area contributed by atoms with Crippen LogP contribution < -0.4 is 5.43 Å². The average molecular weight is 296 g/mol. The van der Waals surface area contributed by atoms with Crippen molar-refractivity contribution in [3.63, 3.8) is 0 Å². The van der Waals surface area contributed by atoms with Gasteiger partial charge in [-0.2, -0.15) is 14.7 Å². The Morgan fingerprint density at radius 3 is 2.58 bits per heavy atom. The summed E-state index contributed by atoms with van der Waals surface area (Å²) in [7, 11) is 5.96. The highest BCUT2D eigenvalue weighted by molar-refractivity contribution is 8.11. The average Bonchev–Trinajstić information content (AvgIpc) is 2.42. The second-order valence-corrected chi connectivity index (χ2v) is 8.78. The van der Waals surface area contributed by atoms with E-state index in [0.29, 0.717) is 6.67 Å². The van der Waals surface area contributed by atoms with Crippen LogP contribution in [-0.4, -0.2) is 53.0 Å². The van der Waals surface area contributed by atoms with Crippen LogP contribution in [-0.2, 0) is 11.8 Å². The molecule has 6 nitrogen and oxygen atoms in total. The van der Waals surface area contributed by atoms with Crippen LogP contribution in [0.15, 0.2) is 35.4 Å². The van der Waals surface area contributed by atoms with Gasteiger partial charge >= 0.3 is 0 Å². The molecular formula is C11H17N6PS. The first-order chi connectivity index (χ1) is 9.05. The van der Waals surface area contributed by atoms with Crippen molar-refractivity contribution in [1.82, 2.24) is 24.8 Å². The van der Waals surface area contributed by atoms with Gasteiger partial charge in [0, 0.05) is 26.7 Å². The maximum absolute atomic E-state index is 5.83. The molecule has 0 aromatic heterocycles. The molecule has 1 atom stereocenters. The van der Waals surface area contributed by atoms with Crippen molar-refractivity contribution in [3.05, 3.63) is 35.9 Å². The number of benzene rings is 1. The van der Waals surface area contributed by atoms with Crippen molar-refractivity contribution in [2.24, 2.45) is 5.10 Å². The monoisotopic (exact) mass is 296 g/mol. The largest absolute Gasteiger partial charge is 0.265 e. The number of rotatable bonds is 1. The van der Waals surface area contributed by atoms with Crippen LogP contribution in [0.4, 0.5) is 0 Å². The highest BCUT2D eigenvalue weighted by Gasteiger charge is 2.44. The van der Waals surface area contributed by atoms with Crippen LogP contribution in [0.1, 0.15) is 5.56 Å². The summed E-state index contributed by atoms with van der Waals surface area (Å²) >= 11 is 5.83. The van der Waals surface area contributed by atoms with Gasteiger partial charge in [-0.25, -0.2) is 10.2 Å². The van der Waals surface area contributed by atoms with Gasteiger partial charge in [0.15, 0.2) is 5.84 Å². The van der Waals surface area contributed by atoms with E-state index in [2.05, 4.69) is 27.3 Å². The van der Waals surface area contributed by atoms with Gasteiger partial charge < -0.3 is 0 Å². The van der Waals surface area contributed by atoms with Crippen molar-refractivity contribution >= 4 is 24.1 Å². The maximum Gasteiger partial charge on any atom is 0.215 e. The first-order valence-electron chi connectivity index (χ1n) is 6.03. The smallest absolute Gasteiger partial charge is 0.215 e. The van der Waals surface area contributed by atoms with Crippen molar-refractivity contribution in [2.45, 2.75) is 0 Å². The zero-order chi connectivity index (χ0) is 13.6. The number of hydrogen-bond donors (Lipinski definition) is 1. The molecule has 8 heteroatoms. The molecule has 2 aliphatic rings. The van der Waals surface area contributed by atoms with Gasteiger partial charge in [-0.15, -0.1) is 0 Å². The van der Waals surface area contributed by atoms with E-state index in [1.165, 1.54) is 0 Å². The van der Waals surface area contributed by atoms with Gasteiger partial charge in [0.25, 0.3) is 0 Å². The molecule has 1 aromatic carbocycles. The summed E-state index contributed by atoms with van der Waals surface area (Å²) in [6, 6.07) is 10.2. The van der Waals surface area contributed by atoms with Crippen LogP contribution >= 0.6 is 6.49 Å². The summed E-state index contributed by atoms with van der Waals surface area (Å²) in [5.74, 6) is 0.923. The lowest BCUT2D eigenvalue weighted by Gasteiger charge is -2.54. The van der Waals surface area contributed by atoms with Gasteiger partial charge in [-0.05, 0) is 11.8 Å². The second kappa shape index (κ2) is 4.54. The Kier molecular flexibility index (Phi) is 3.11. The van der Waals surface area contributed by atoms with E-state index in [9.17, 15) is 0 Å². The van der Waals surface area contributed by atoms with Crippen LogP contribution in [0.2, 0.25) is 0 Å². The standard InChI is InChI=1S/C11H17N6PS/c1-14-12-9-17-11(10-7-5-4-6-8-10)13-15(2)18(14,19)16(17)3/h4-8,12H,9H2,1-3H3. The number of amidine groups is 1. The first-order valence-corrected chi connectivity index (χ1v) is 8.69. The number of hydrazone groups is 1. The summed E-state index contributed by atoms with van der Waals surface area (Å²) in [5, 5.41) is 6.81. The minimum Gasteiger partial charge on any atom is -0.265 e. The SMILES string of the molecule is CN1N=C(c2ccccc2)N2CNN(C)P1(=S)N2C. The molecule has 2 bridgehead atoms. The molecule has 0 radical (unpaired) electrons. The van der Waals surface area contributed by atoms with Crippen molar-refractivity contribution in [3.8, 4) is 0 Å². The number of nitrogens with zero attached hydrogens (tertiary/aromatic N) is 5. The van der Waals surface area contributed by atoms with Gasteiger partial charge in [0.05, 0.1) is 6.67 Å². The second-order valence-electron chi connectivity index (χ2n) is 4.52. The summed E-state index contributed by atoms with van der Waals surface area (Å²) in [4.78, 5) is 0. The van der Waals surface area contributed by atoms with E-state index in [1.807, 2.05) is 48.9 Å². The van der Waals surface area contributed by atoms with Crippen LogP contribution in [0.5, 0.6) is 0 Å². The van der Waals surface area contributed by atoms with Crippen LogP contribution in [0.25, 0.3) is 0 Å². The van der Waals surface area contributed by atoms with E-state index < -0.39 is 6.49 Å². The molecule has 1 unspecified atom stereocenters. The topological polar surface area (TPSA) is 37.4 Å². The molecule has 0 aliphatic carbocycles. The lowest BCUT2D eigenvalue weighted by molar-refractivity contribution is 0.0768. The summed E-state index contributed by atoms with van der Waals surface area (Å²) in [5.41, 5.74) is 4.42. The quantitative estimate of drug-likeness (QED) is 0.782. The third-order valence-corrected chi connectivity index (χ3v) is 8.35. The molecule has 2 heterocycles. The van der Waals surface area contributed by atoms with Gasteiger partial charge in [-0.3, -0.25) is 5.01 Å². The number of fused-ring (bicyclic) bond motifs is 2. The molecule has 3 rings (SSSR count). The normalized spacial score (nSPS) is 28.5. The fourth-order valence-corrected chi connectivity index (χ4v) is 4.91. The third kappa shape index (κ3) is 1.81. The van der Waals surface area contributed by atoms with Gasteiger partial charge in [0.2, 0.25) is 6.49 Å². The minimum atomic E-state index is -2.03. The summed E-state index contributed by atoms with van der Waals surface area (Å²) in [6.07, 6.45) is 0. The predicted octanol–water partition coefficient (Wildman–Crippen LogP) is 1.07. The lowest BCUT2D eigenvalue weighted by Crippen LogP contribution is -2.62. The molecule has 1 fully saturated rings. The first kappa shape index (κ1) is 13.0. The van der Waals surface area contributed by atoms with Crippen molar-refractivity contribution < 1.29 is 0 Å². The Hall–Kier alpha value is -0.980. The fraction of sp³-hybridized carbons (Fsp3) is 0.364. The Bertz CT molecular complexity index is 562. The minimum absolute atomic E-state index is 0.674. The third-order valence-electron chi connectivity index (χ3n) is 3.46. The highest BCUT2D eigenvalue weighted by atomic mass is 32.4. The summed E-state index contributed by atoms with van der Waals surface area (Å²) < 4.78 is 6.05. The Labute approximate surface area is 118 Å². The number of hydrogen-bond acceptors (Lipinski definition) is 4. The van der Waals surface area contributed by atoms with E-state index in [4.69, 9.17) is 16.9 Å². The zero-order valence-corrected chi connectivity index (χ0v) is 12.9. The Morgan fingerprint density at radius 2 is 1.89 bits per heavy atom. The molecule has 102 valence electrons. The molecule has 1 N–H and O–H groups in total. The van der Waals surface area contributed by atoms with Crippen LogP contribution in [0.3, 0.4) is 0 Å².